The summed E-state index contributed by atoms with van der Waals surface area (Å²) in [6, 6.07) is 0. The van der Waals surface area contributed by atoms with Gasteiger partial charge in [0, 0.05) is 18.4 Å². The average molecular weight is 242 g/mol. The van der Waals surface area contributed by atoms with Crippen molar-refractivity contribution >= 4 is 23.1 Å². The van der Waals surface area contributed by atoms with Crippen molar-refractivity contribution in [1.29, 1.82) is 0 Å². The van der Waals surface area contributed by atoms with Crippen molar-refractivity contribution in [2.45, 2.75) is 45.4 Å². The van der Waals surface area contributed by atoms with E-state index < -0.39 is 0 Å². The van der Waals surface area contributed by atoms with Gasteiger partial charge in [-0.1, -0.05) is 44.8 Å². The van der Waals surface area contributed by atoms with Crippen molar-refractivity contribution < 1.29 is 4.79 Å². The number of amides is 1. The molecule has 3 nitrogen and oxygen atoms in total. The van der Waals surface area contributed by atoms with Gasteiger partial charge in [-0.3, -0.25) is 4.79 Å². The zero-order valence-corrected chi connectivity index (χ0v) is 10.8. The van der Waals surface area contributed by atoms with Crippen LogP contribution in [0.1, 0.15) is 45.4 Å². The van der Waals surface area contributed by atoms with Gasteiger partial charge in [-0.15, -0.1) is 0 Å². The van der Waals surface area contributed by atoms with Crippen molar-refractivity contribution in [3.63, 3.8) is 0 Å². The molecule has 16 heavy (non-hydrogen) atoms. The van der Waals surface area contributed by atoms with E-state index in [9.17, 15) is 4.79 Å². The number of carbonyl (C=O) groups is 1. The van der Waals surface area contributed by atoms with Crippen molar-refractivity contribution in [2.24, 2.45) is 17.6 Å². The number of thiocarbonyl (C=S) groups is 1. The molecule has 4 heteroatoms. The van der Waals surface area contributed by atoms with E-state index in [0.717, 1.165) is 12.8 Å². The average Bonchev–Trinajstić information content (AvgIpc) is 2.53. The van der Waals surface area contributed by atoms with Gasteiger partial charge < -0.3 is 11.1 Å². The van der Waals surface area contributed by atoms with Gasteiger partial charge in [0.15, 0.2) is 0 Å². The molecule has 1 atom stereocenters. The highest BCUT2D eigenvalue weighted by Gasteiger charge is 2.20. The smallest absolute Gasteiger partial charge is 0.223 e. The van der Waals surface area contributed by atoms with Crippen molar-refractivity contribution in [3.8, 4) is 0 Å². The summed E-state index contributed by atoms with van der Waals surface area (Å²) in [6.45, 7) is 2.51. The molecule has 1 amide bonds. The normalized spacial score (nSPS) is 19.8. The minimum Gasteiger partial charge on any atom is -0.393 e. The van der Waals surface area contributed by atoms with Gasteiger partial charge >= 0.3 is 0 Å². The van der Waals surface area contributed by atoms with E-state index in [1.807, 2.05) is 6.92 Å². The van der Waals surface area contributed by atoms with Crippen LogP contribution < -0.4 is 11.1 Å². The second kappa shape index (κ2) is 6.84. The number of carbonyl (C=O) groups excluding carboxylic acids is 1. The Balaban J connectivity index is 2.30. The van der Waals surface area contributed by atoms with Crippen LogP contribution in [0.2, 0.25) is 0 Å². The Morgan fingerprint density at radius 2 is 1.94 bits per heavy atom. The SMILES string of the molecule is CC(CNC(=O)C1CCCCCC1)C(N)=S. The van der Waals surface area contributed by atoms with Crippen LogP contribution in [0.4, 0.5) is 0 Å². The molecule has 0 aliphatic heterocycles. The number of hydrogen-bond acceptors (Lipinski definition) is 2. The summed E-state index contributed by atoms with van der Waals surface area (Å²) in [5.74, 6) is 0.482. The van der Waals surface area contributed by atoms with Gasteiger partial charge in [0.1, 0.15) is 0 Å². The second-order valence-electron chi connectivity index (χ2n) is 4.74. The van der Waals surface area contributed by atoms with Gasteiger partial charge in [0.05, 0.1) is 4.99 Å². The molecule has 0 spiro atoms. The first-order valence-electron chi connectivity index (χ1n) is 6.18. The Bertz CT molecular complexity index is 247. The third kappa shape index (κ3) is 4.47. The van der Waals surface area contributed by atoms with E-state index in [2.05, 4.69) is 5.32 Å². The van der Waals surface area contributed by atoms with Gasteiger partial charge in [0.2, 0.25) is 5.91 Å². The highest BCUT2D eigenvalue weighted by molar-refractivity contribution is 7.80. The van der Waals surface area contributed by atoms with Gasteiger partial charge in [0.25, 0.3) is 0 Å². The van der Waals surface area contributed by atoms with Gasteiger partial charge in [-0.2, -0.15) is 0 Å². The fourth-order valence-corrected chi connectivity index (χ4v) is 2.12. The highest BCUT2D eigenvalue weighted by Crippen LogP contribution is 2.22. The van der Waals surface area contributed by atoms with E-state index in [4.69, 9.17) is 18.0 Å². The Hall–Kier alpha value is -0.640. The van der Waals surface area contributed by atoms with Crippen LogP contribution in [0.15, 0.2) is 0 Å². The lowest BCUT2D eigenvalue weighted by atomic mass is 9.99. The van der Waals surface area contributed by atoms with Crippen LogP contribution in [0.3, 0.4) is 0 Å². The molecule has 1 saturated carbocycles. The molecular weight excluding hydrogens is 220 g/mol. The first-order chi connectivity index (χ1) is 7.61. The molecule has 0 radical (unpaired) electrons. The Kier molecular flexibility index (Phi) is 5.74. The van der Waals surface area contributed by atoms with E-state index in [0.29, 0.717) is 11.5 Å². The molecule has 0 aromatic rings. The van der Waals surface area contributed by atoms with Crippen molar-refractivity contribution in [1.82, 2.24) is 5.32 Å². The third-order valence-corrected chi connectivity index (χ3v) is 3.70. The Morgan fingerprint density at radius 1 is 1.38 bits per heavy atom. The summed E-state index contributed by atoms with van der Waals surface area (Å²) in [6.07, 6.45) is 6.98. The third-order valence-electron chi connectivity index (χ3n) is 3.29. The summed E-state index contributed by atoms with van der Waals surface area (Å²) in [5, 5.41) is 2.95. The summed E-state index contributed by atoms with van der Waals surface area (Å²) in [7, 11) is 0. The number of nitrogens with two attached hydrogens (primary N) is 1. The molecule has 1 rings (SSSR count). The number of hydrogen-bond donors (Lipinski definition) is 2. The number of nitrogens with one attached hydrogen (secondary N) is 1. The zero-order chi connectivity index (χ0) is 12.0. The molecule has 3 N–H and O–H groups in total. The van der Waals surface area contributed by atoms with Crippen LogP contribution in [0, 0.1) is 11.8 Å². The van der Waals surface area contributed by atoms with Crippen molar-refractivity contribution in [3.05, 3.63) is 0 Å². The van der Waals surface area contributed by atoms with Crippen molar-refractivity contribution in [2.75, 3.05) is 6.54 Å². The van der Waals surface area contributed by atoms with Gasteiger partial charge in [-0.25, -0.2) is 0 Å². The Morgan fingerprint density at radius 3 is 2.44 bits per heavy atom. The molecule has 0 aromatic carbocycles. The Labute approximate surface area is 103 Å². The molecule has 1 fully saturated rings. The molecule has 0 heterocycles. The highest BCUT2D eigenvalue weighted by atomic mass is 32.1. The van der Waals surface area contributed by atoms with E-state index in [1.54, 1.807) is 0 Å². The van der Waals surface area contributed by atoms with E-state index in [-0.39, 0.29) is 17.7 Å². The maximum absolute atomic E-state index is 11.9. The molecule has 1 unspecified atom stereocenters. The first-order valence-corrected chi connectivity index (χ1v) is 6.59. The summed E-state index contributed by atoms with van der Waals surface area (Å²) >= 11 is 4.87. The monoisotopic (exact) mass is 242 g/mol. The lowest BCUT2D eigenvalue weighted by Crippen LogP contribution is -2.37. The van der Waals surface area contributed by atoms with E-state index >= 15 is 0 Å². The lowest BCUT2D eigenvalue weighted by Gasteiger charge is -2.16. The standard InChI is InChI=1S/C12H22N2OS/c1-9(11(13)16)8-14-12(15)10-6-4-2-3-5-7-10/h9-10H,2-8H2,1H3,(H2,13,16)(H,14,15). The van der Waals surface area contributed by atoms with E-state index in [1.165, 1.54) is 25.7 Å². The van der Waals surface area contributed by atoms with Gasteiger partial charge in [-0.05, 0) is 12.8 Å². The van der Waals surface area contributed by atoms with Crippen LogP contribution in [0.25, 0.3) is 0 Å². The maximum atomic E-state index is 11.9. The number of rotatable bonds is 4. The zero-order valence-electron chi connectivity index (χ0n) is 10.00. The molecule has 0 saturated heterocycles. The van der Waals surface area contributed by atoms with Crippen LogP contribution in [-0.4, -0.2) is 17.4 Å². The van der Waals surface area contributed by atoms with Crippen LogP contribution in [0.5, 0.6) is 0 Å². The minimum atomic E-state index is 0.0877. The first kappa shape index (κ1) is 13.4. The van der Waals surface area contributed by atoms with Crippen LogP contribution in [-0.2, 0) is 4.79 Å². The lowest BCUT2D eigenvalue weighted by molar-refractivity contribution is -0.125. The quantitative estimate of drug-likeness (QED) is 0.585. The second-order valence-corrected chi connectivity index (χ2v) is 5.21. The minimum absolute atomic E-state index is 0.0877. The predicted octanol–water partition coefficient (Wildman–Crippen LogP) is 2.00. The predicted molar refractivity (Wildman–Crippen MR) is 70.2 cm³/mol. The summed E-state index contributed by atoms with van der Waals surface area (Å²) < 4.78 is 0. The molecule has 1 aliphatic rings. The molecule has 0 aromatic heterocycles. The fraction of sp³-hybridized carbons (Fsp3) is 0.833. The summed E-state index contributed by atoms with van der Waals surface area (Å²) in [4.78, 5) is 12.4. The topological polar surface area (TPSA) is 55.1 Å². The summed E-state index contributed by atoms with van der Waals surface area (Å²) in [5.41, 5.74) is 5.51. The fourth-order valence-electron chi connectivity index (χ4n) is 2.04. The maximum Gasteiger partial charge on any atom is 0.223 e. The largest absolute Gasteiger partial charge is 0.393 e. The molecule has 1 aliphatic carbocycles. The molecular formula is C12H22N2OS. The van der Waals surface area contributed by atoms with Crippen LogP contribution >= 0.6 is 12.2 Å². The molecule has 92 valence electrons. The molecule has 0 bridgehead atoms.